The first-order valence-electron chi connectivity index (χ1n) is 7.69. The van der Waals surface area contributed by atoms with E-state index >= 15 is 0 Å². The molecule has 6 heteroatoms. The Morgan fingerprint density at radius 3 is 2.46 bits per heavy atom. The fraction of sp³-hybridized carbons (Fsp3) is 0.278. The van der Waals surface area contributed by atoms with Crippen molar-refractivity contribution in [2.24, 2.45) is 4.99 Å². The summed E-state index contributed by atoms with van der Waals surface area (Å²) in [5.74, 6) is -0.395. The number of hydrogen-bond acceptors (Lipinski definition) is 1. The van der Waals surface area contributed by atoms with Crippen molar-refractivity contribution in [3.05, 3.63) is 71.3 Å². The molecule has 0 aliphatic rings. The molecule has 0 atom stereocenters. The van der Waals surface area contributed by atoms with Crippen LogP contribution in [0.5, 0.6) is 0 Å². The maximum atomic E-state index is 13.6. The molecule has 0 unspecified atom stereocenters. The molecular formula is C18H22F2IN3. The van der Waals surface area contributed by atoms with E-state index in [4.69, 9.17) is 0 Å². The second-order valence-corrected chi connectivity index (χ2v) is 5.09. The van der Waals surface area contributed by atoms with Crippen LogP contribution in [0.1, 0.15) is 18.1 Å². The molecule has 0 amide bonds. The van der Waals surface area contributed by atoms with Crippen LogP contribution in [0.25, 0.3) is 0 Å². The van der Waals surface area contributed by atoms with E-state index in [9.17, 15) is 8.78 Å². The molecule has 0 aliphatic heterocycles. The second-order valence-electron chi connectivity index (χ2n) is 5.09. The van der Waals surface area contributed by atoms with E-state index in [1.165, 1.54) is 12.1 Å². The van der Waals surface area contributed by atoms with Gasteiger partial charge < -0.3 is 10.6 Å². The van der Waals surface area contributed by atoms with E-state index in [1.54, 1.807) is 0 Å². The number of guanidine groups is 1. The number of aliphatic imine (C=N–C) groups is 1. The third kappa shape index (κ3) is 6.82. The minimum absolute atomic E-state index is 0. The predicted molar refractivity (Wildman–Crippen MR) is 105 cm³/mol. The smallest absolute Gasteiger partial charge is 0.191 e. The Bertz CT molecular complexity index is 648. The van der Waals surface area contributed by atoms with Crippen molar-refractivity contribution in [1.29, 1.82) is 0 Å². The average molecular weight is 445 g/mol. The largest absolute Gasteiger partial charge is 0.357 e. The van der Waals surface area contributed by atoms with Crippen LogP contribution in [0, 0.1) is 11.6 Å². The van der Waals surface area contributed by atoms with Gasteiger partial charge in [0.15, 0.2) is 5.96 Å². The molecule has 0 saturated heterocycles. The molecule has 0 saturated carbocycles. The van der Waals surface area contributed by atoms with Crippen LogP contribution in [0.4, 0.5) is 8.78 Å². The quantitative estimate of drug-likeness (QED) is 0.403. The fourth-order valence-corrected chi connectivity index (χ4v) is 2.14. The van der Waals surface area contributed by atoms with E-state index < -0.39 is 11.6 Å². The van der Waals surface area contributed by atoms with Crippen molar-refractivity contribution in [3.8, 4) is 0 Å². The van der Waals surface area contributed by atoms with Crippen LogP contribution in [0.15, 0.2) is 53.5 Å². The summed E-state index contributed by atoms with van der Waals surface area (Å²) in [4.78, 5) is 4.49. The van der Waals surface area contributed by atoms with Crippen LogP contribution in [0.2, 0.25) is 0 Å². The monoisotopic (exact) mass is 445 g/mol. The van der Waals surface area contributed by atoms with E-state index in [0.717, 1.165) is 18.2 Å². The third-order valence-electron chi connectivity index (χ3n) is 3.31. The number of benzene rings is 2. The Kier molecular flexibility index (Phi) is 9.29. The number of nitrogens with one attached hydrogen (secondary N) is 2. The highest BCUT2D eigenvalue weighted by molar-refractivity contribution is 14.0. The van der Waals surface area contributed by atoms with Crippen molar-refractivity contribution < 1.29 is 8.78 Å². The molecule has 0 heterocycles. The normalized spacial score (nSPS) is 10.9. The third-order valence-corrected chi connectivity index (χ3v) is 3.31. The van der Waals surface area contributed by atoms with Gasteiger partial charge in [-0.3, -0.25) is 0 Å². The van der Waals surface area contributed by atoms with Crippen molar-refractivity contribution in [2.45, 2.75) is 19.9 Å². The molecule has 2 aromatic rings. The molecule has 0 aliphatic carbocycles. The molecule has 24 heavy (non-hydrogen) atoms. The summed E-state index contributed by atoms with van der Waals surface area (Å²) in [7, 11) is 0. The first-order chi connectivity index (χ1) is 11.2. The summed E-state index contributed by atoms with van der Waals surface area (Å²) in [6, 6.07) is 13.6. The van der Waals surface area contributed by atoms with E-state index in [-0.39, 0.29) is 24.0 Å². The zero-order valence-electron chi connectivity index (χ0n) is 13.6. The maximum absolute atomic E-state index is 13.6. The lowest BCUT2D eigenvalue weighted by Gasteiger charge is -2.11. The Balaban J connectivity index is 0.00000288. The van der Waals surface area contributed by atoms with Gasteiger partial charge in [0.1, 0.15) is 11.6 Å². The van der Waals surface area contributed by atoms with E-state index in [2.05, 4.69) is 15.6 Å². The molecule has 3 nitrogen and oxygen atoms in total. The highest BCUT2D eigenvalue weighted by Crippen LogP contribution is 2.09. The molecule has 2 rings (SSSR count). The summed E-state index contributed by atoms with van der Waals surface area (Å²) >= 11 is 0. The van der Waals surface area contributed by atoms with Gasteiger partial charge in [0.2, 0.25) is 0 Å². The number of rotatable bonds is 6. The van der Waals surface area contributed by atoms with Gasteiger partial charge in [0.05, 0.1) is 6.54 Å². The minimum Gasteiger partial charge on any atom is -0.357 e. The zero-order valence-corrected chi connectivity index (χ0v) is 15.9. The Hall–Kier alpha value is -1.70. The van der Waals surface area contributed by atoms with Crippen LogP contribution < -0.4 is 10.6 Å². The van der Waals surface area contributed by atoms with E-state index in [0.29, 0.717) is 31.0 Å². The molecule has 0 bridgehead atoms. The zero-order chi connectivity index (χ0) is 16.5. The summed E-state index contributed by atoms with van der Waals surface area (Å²) in [6.07, 6.45) is 0.460. The SMILES string of the molecule is CCNC(=NCc1ccccc1)NCCc1ccc(F)cc1F.I. The topological polar surface area (TPSA) is 36.4 Å². The second kappa shape index (κ2) is 11.0. The van der Waals surface area contributed by atoms with Gasteiger partial charge in [-0.2, -0.15) is 0 Å². The lowest BCUT2D eigenvalue weighted by molar-refractivity contribution is 0.570. The average Bonchev–Trinajstić information content (AvgIpc) is 2.55. The summed E-state index contributed by atoms with van der Waals surface area (Å²) in [5.41, 5.74) is 1.60. The van der Waals surface area contributed by atoms with Crippen LogP contribution in [0.3, 0.4) is 0 Å². The summed E-state index contributed by atoms with van der Waals surface area (Å²) in [6.45, 7) is 3.81. The molecule has 0 radical (unpaired) electrons. The summed E-state index contributed by atoms with van der Waals surface area (Å²) < 4.78 is 26.5. The Labute approximate surface area is 158 Å². The standard InChI is InChI=1S/C18H21F2N3.HI/c1-2-21-18(23-13-14-6-4-3-5-7-14)22-11-10-15-8-9-16(19)12-17(15)20;/h3-9,12H,2,10-11,13H2,1H3,(H2,21,22,23);1H. The van der Waals surface area contributed by atoms with Crippen molar-refractivity contribution in [1.82, 2.24) is 10.6 Å². The van der Waals surface area contributed by atoms with Gasteiger partial charge in [-0.15, -0.1) is 24.0 Å². The lowest BCUT2D eigenvalue weighted by Crippen LogP contribution is -2.38. The van der Waals surface area contributed by atoms with Crippen LogP contribution >= 0.6 is 24.0 Å². The number of hydrogen-bond donors (Lipinski definition) is 2. The van der Waals surface area contributed by atoms with Gasteiger partial charge >= 0.3 is 0 Å². The van der Waals surface area contributed by atoms with Crippen LogP contribution in [-0.2, 0) is 13.0 Å². The summed E-state index contributed by atoms with van der Waals surface area (Å²) in [5, 5.41) is 6.31. The maximum Gasteiger partial charge on any atom is 0.191 e. The molecular weight excluding hydrogens is 423 g/mol. The van der Waals surface area contributed by atoms with Crippen molar-refractivity contribution in [3.63, 3.8) is 0 Å². The van der Waals surface area contributed by atoms with E-state index in [1.807, 2.05) is 37.3 Å². The van der Waals surface area contributed by atoms with Crippen molar-refractivity contribution >= 4 is 29.9 Å². The molecule has 0 spiro atoms. The lowest BCUT2D eigenvalue weighted by atomic mass is 10.1. The number of halogens is 3. The van der Waals surface area contributed by atoms with Crippen molar-refractivity contribution in [2.75, 3.05) is 13.1 Å². The fourth-order valence-electron chi connectivity index (χ4n) is 2.14. The van der Waals surface area contributed by atoms with Crippen LogP contribution in [-0.4, -0.2) is 19.0 Å². The number of nitrogens with zero attached hydrogens (tertiary/aromatic N) is 1. The molecule has 2 aromatic carbocycles. The molecule has 130 valence electrons. The van der Waals surface area contributed by atoms with Gasteiger partial charge in [0, 0.05) is 19.2 Å². The van der Waals surface area contributed by atoms with Gasteiger partial charge in [0.25, 0.3) is 0 Å². The highest BCUT2D eigenvalue weighted by atomic mass is 127. The van der Waals surface area contributed by atoms with Gasteiger partial charge in [-0.1, -0.05) is 36.4 Å². The van der Waals surface area contributed by atoms with Gasteiger partial charge in [-0.25, -0.2) is 13.8 Å². The first-order valence-corrected chi connectivity index (χ1v) is 7.69. The Morgan fingerprint density at radius 1 is 1.04 bits per heavy atom. The molecule has 0 aromatic heterocycles. The molecule has 2 N–H and O–H groups in total. The van der Waals surface area contributed by atoms with Gasteiger partial charge in [-0.05, 0) is 30.5 Å². The first kappa shape index (κ1) is 20.3. The highest BCUT2D eigenvalue weighted by Gasteiger charge is 2.04. The minimum atomic E-state index is -0.558. The Morgan fingerprint density at radius 2 is 1.79 bits per heavy atom. The predicted octanol–water partition coefficient (Wildman–Crippen LogP) is 3.88. The molecule has 0 fully saturated rings.